The molecule has 2 aromatic carbocycles. The third kappa shape index (κ3) is 4.21. The van der Waals surface area contributed by atoms with Crippen molar-refractivity contribution < 1.29 is 9.53 Å². The summed E-state index contributed by atoms with van der Waals surface area (Å²) in [5.74, 6) is 1.15. The standard InChI is InChI=1S/C32H30N6O2/c1-40-31(39)23-16-32(17-23)19-37(20-32)18-21-9-11-24(12-10-21)38-29(25-8-5-15-34-28(25)33)36-27-14-13-26(35-30(27)38)22-6-3-2-4-7-22/h2-15,23H,16-20H2,1H3,(H2,33,34). The fourth-order valence-electron chi connectivity index (χ4n) is 6.36. The van der Waals surface area contributed by atoms with Crippen molar-refractivity contribution in [1.82, 2.24) is 24.4 Å². The van der Waals surface area contributed by atoms with Crippen LogP contribution in [0.2, 0.25) is 0 Å². The number of pyridine rings is 2. The number of likely N-dealkylation sites (tertiary alicyclic amines) is 1. The lowest BCUT2D eigenvalue weighted by atomic mass is 9.57. The first-order valence-electron chi connectivity index (χ1n) is 13.6. The minimum atomic E-state index is -0.0653. The monoisotopic (exact) mass is 530 g/mol. The maximum atomic E-state index is 11.8. The van der Waals surface area contributed by atoms with Crippen LogP contribution >= 0.6 is 0 Å². The van der Waals surface area contributed by atoms with E-state index in [1.807, 2.05) is 42.5 Å². The number of esters is 1. The fourth-order valence-corrected chi connectivity index (χ4v) is 6.36. The van der Waals surface area contributed by atoms with Crippen molar-refractivity contribution in [2.24, 2.45) is 11.3 Å². The van der Waals surface area contributed by atoms with Gasteiger partial charge in [-0.15, -0.1) is 0 Å². The number of hydrogen-bond donors (Lipinski definition) is 1. The number of hydrogen-bond acceptors (Lipinski definition) is 7. The number of carbonyl (C=O) groups is 1. The number of ether oxygens (including phenoxy) is 1. The minimum Gasteiger partial charge on any atom is -0.469 e. The number of rotatable bonds is 6. The van der Waals surface area contributed by atoms with Crippen LogP contribution < -0.4 is 5.73 Å². The van der Waals surface area contributed by atoms with Gasteiger partial charge in [0.25, 0.3) is 0 Å². The summed E-state index contributed by atoms with van der Waals surface area (Å²) in [6.45, 7) is 2.95. The van der Waals surface area contributed by atoms with E-state index < -0.39 is 0 Å². The van der Waals surface area contributed by atoms with Crippen molar-refractivity contribution in [3.05, 3.63) is 90.6 Å². The van der Waals surface area contributed by atoms with E-state index in [1.54, 1.807) is 6.20 Å². The molecule has 1 aliphatic carbocycles. The lowest BCUT2D eigenvalue weighted by molar-refractivity contribution is -0.164. The lowest BCUT2D eigenvalue weighted by Crippen LogP contribution is -2.62. The fraction of sp³-hybridized carbons (Fsp3) is 0.250. The number of nitrogen functional groups attached to an aromatic ring is 1. The average Bonchev–Trinajstić information content (AvgIpc) is 3.33. The highest BCUT2D eigenvalue weighted by atomic mass is 16.5. The molecule has 2 aliphatic rings. The Kier molecular flexibility index (Phi) is 5.86. The average molecular weight is 531 g/mol. The molecule has 40 heavy (non-hydrogen) atoms. The summed E-state index contributed by atoms with van der Waals surface area (Å²) in [5, 5.41) is 0. The summed E-state index contributed by atoms with van der Waals surface area (Å²) in [6.07, 6.45) is 3.58. The Labute approximate surface area is 232 Å². The highest BCUT2D eigenvalue weighted by Gasteiger charge is 2.54. The molecule has 8 nitrogen and oxygen atoms in total. The van der Waals surface area contributed by atoms with Gasteiger partial charge in [-0.25, -0.2) is 15.0 Å². The van der Waals surface area contributed by atoms with Gasteiger partial charge >= 0.3 is 5.97 Å². The number of nitrogens with two attached hydrogens (primary N) is 1. The Morgan fingerprint density at radius 3 is 2.48 bits per heavy atom. The quantitative estimate of drug-likeness (QED) is 0.304. The summed E-state index contributed by atoms with van der Waals surface area (Å²) < 4.78 is 6.97. The molecule has 3 aromatic heterocycles. The Morgan fingerprint density at radius 1 is 0.975 bits per heavy atom. The van der Waals surface area contributed by atoms with Crippen LogP contribution in [0.1, 0.15) is 18.4 Å². The number of fused-ring (bicyclic) bond motifs is 1. The number of anilines is 1. The molecule has 0 bridgehead atoms. The summed E-state index contributed by atoms with van der Waals surface area (Å²) in [7, 11) is 1.48. The molecule has 8 heteroatoms. The number of aromatic nitrogens is 4. The van der Waals surface area contributed by atoms with Gasteiger partial charge in [-0.3, -0.25) is 14.3 Å². The molecule has 2 fully saturated rings. The van der Waals surface area contributed by atoms with E-state index in [0.29, 0.717) is 17.1 Å². The van der Waals surface area contributed by atoms with Crippen LogP contribution in [-0.2, 0) is 16.1 Å². The van der Waals surface area contributed by atoms with Gasteiger partial charge < -0.3 is 10.5 Å². The zero-order valence-corrected chi connectivity index (χ0v) is 22.3. The van der Waals surface area contributed by atoms with Crippen molar-refractivity contribution in [2.45, 2.75) is 19.4 Å². The predicted octanol–water partition coefficient (Wildman–Crippen LogP) is 5.12. The summed E-state index contributed by atoms with van der Waals surface area (Å²) >= 11 is 0. The van der Waals surface area contributed by atoms with Gasteiger partial charge in [0.1, 0.15) is 11.3 Å². The Morgan fingerprint density at radius 2 is 1.75 bits per heavy atom. The van der Waals surface area contributed by atoms with Crippen molar-refractivity contribution in [3.63, 3.8) is 0 Å². The summed E-state index contributed by atoms with van der Waals surface area (Å²) in [4.78, 5) is 28.5. The van der Waals surface area contributed by atoms with Crippen LogP contribution in [0.5, 0.6) is 0 Å². The van der Waals surface area contributed by atoms with E-state index in [-0.39, 0.29) is 11.9 Å². The van der Waals surface area contributed by atoms with Gasteiger partial charge in [0.15, 0.2) is 11.5 Å². The number of nitrogens with zero attached hydrogens (tertiary/aromatic N) is 5. The molecule has 1 aliphatic heterocycles. The van der Waals surface area contributed by atoms with E-state index in [2.05, 4.69) is 50.8 Å². The molecule has 1 spiro atoms. The van der Waals surface area contributed by atoms with E-state index in [4.69, 9.17) is 20.4 Å². The third-order valence-corrected chi connectivity index (χ3v) is 8.27. The van der Waals surface area contributed by atoms with Gasteiger partial charge in [0, 0.05) is 37.1 Å². The maximum Gasteiger partial charge on any atom is 0.308 e. The van der Waals surface area contributed by atoms with Gasteiger partial charge in [0.2, 0.25) is 0 Å². The molecule has 7 rings (SSSR count). The predicted molar refractivity (Wildman–Crippen MR) is 154 cm³/mol. The molecule has 1 saturated heterocycles. The highest BCUT2D eigenvalue weighted by molar-refractivity contribution is 5.84. The molecule has 2 N–H and O–H groups in total. The largest absolute Gasteiger partial charge is 0.469 e. The lowest BCUT2D eigenvalue weighted by Gasteiger charge is -2.58. The molecule has 0 atom stereocenters. The van der Waals surface area contributed by atoms with Crippen molar-refractivity contribution in [2.75, 3.05) is 25.9 Å². The van der Waals surface area contributed by atoms with Crippen LogP contribution in [-0.4, -0.2) is 50.6 Å². The van der Waals surface area contributed by atoms with Gasteiger partial charge in [-0.05, 0) is 60.2 Å². The molecule has 5 aromatic rings. The first-order chi connectivity index (χ1) is 19.5. The number of methoxy groups -OCH3 is 1. The minimum absolute atomic E-state index is 0.0653. The second kappa shape index (κ2) is 9.57. The van der Waals surface area contributed by atoms with Crippen LogP contribution in [0.3, 0.4) is 0 Å². The van der Waals surface area contributed by atoms with Crippen molar-refractivity contribution in [3.8, 4) is 28.3 Å². The first-order valence-corrected chi connectivity index (χ1v) is 13.6. The summed E-state index contributed by atoms with van der Waals surface area (Å²) in [6, 6.07) is 26.6. The van der Waals surface area contributed by atoms with Gasteiger partial charge in [-0.2, -0.15) is 0 Å². The summed E-state index contributed by atoms with van der Waals surface area (Å²) in [5.41, 5.74) is 13.1. The van der Waals surface area contributed by atoms with Gasteiger partial charge in [-0.1, -0.05) is 42.5 Å². The third-order valence-electron chi connectivity index (χ3n) is 8.27. The zero-order chi connectivity index (χ0) is 27.3. The number of carbonyl (C=O) groups excluding carboxylic acids is 1. The second-order valence-electron chi connectivity index (χ2n) is 11.1. The topological polar surface area (TPSA) is 99.2 Å². The molecule has 1 saturated carbocycles. The molecule has 0 amide bonds. The first kappa shape index (κ1) is 24.5. The zero-order valence-electron chi connectivity index (χ0n) is 22.3. The van der Waals surface area contributed by atoms with Crippen molar-refractivity contribution in [1.29, 1.82) is 0 Å². The molecule has 0 radical (unpaired) electrons. The van der Waals surface area contributed by atoms with Crippen LogP contribution in [0, 0.1) is 11.3 Å². The van der Waals surface area contributed by atoms with Gasteiger partial charge in [0.05, 0.1) is 24.3 Å². The van der Waals surface area contributed by atoms with Crippen LogP contribution in [0.15, 0.2) is 85.1 Å². The Balaban J connectivity index is 1.19. The maximum absolute atomic E-state index is 11.8. The van der Waals surface area contributed by atoms with E-state index in [1.165, 1.54) is 12.7 Å². The number of benzene rings is 2. The molecule has 200 valence electrons. The Bertz CT molecular complexity index is 1700. The molecule has 4 heterocycles. The highest BCUT2D eigenvalue weighted by Crippen LogP contribution is 2.52. The van der Waals surface area contributed by atoms with Crippen LogP contribution in [0.4, 0.5) is 5.82 Å². The van der Waals surface area contributed by atoms with E-state index >= 15 is 0 Å². The van der Waals surface area contributed by atoms with Crippen LogP contribution in [0.25, 0.3) is 39.5 Å². The van der Waals surface area contributed by atoms with E-state index in [9.17, 15) is 4.79 Å². The van der Waals surface area contributed by atoms with E-state index in [0.717, 1.165) is 66.1 Å². The number of imidazole rings is 1. The smallest absolute Gasteiger partial charge is 0.308 e. The normalized spacial score (nSPS) is 16.5. The second-order valence-corrected chi connectivity index (χ2v) is 11.1. The molecular formula is C32H30N6O2. The van der Waals surface area contributed by atoms with Crippen molar-refractivity contribution >= 4 is 23.0 Å². The SMILES string of the molecule is COC(=O)C1CC2(C1)CN(Cc1ccc(-n3c(-c4cccnc4N)nc4ccc(-c5ccccc5)nc43)cc1)C2. The molecule has 0 unspecified atom stereocenters. The molecular weight excluding hydrogens is 500 g/mol. The Hall–Kier alpha value is -4.56.